The van der Waals surface area contributed by atoms with Crippen LogP contribution in [0, 0.1) is 0 Å². The molecule has 0 fully saturated rings. The third-order valence-corrected chi connectivity index (χ3v) is 3.56. The van der Waals surface area contributed by atoms with Gasteiger partial charge in [0.25, 0.3) is 0 Å². The van der Waals surface area contributed by atoms with E-state index >= 15 is 0 Å². The van der Waals surface area contributed by atoms with Crippen LogP contribution in [0.3, 0.4) is 0 Å². The van der Waals surface area contributed by atoms with Gasteiger partial charge in [0.15, 0.2) is 0 Å². The highest BCUT2D eigenvalue weighted by molar-refractivity contribution is 6.30. The third kappa shape index (κ3) is 7.03. The van der Waals surface area contributed by atoms with Crippen molar-refractivity contribution < 1.29 is 0 Å². The molecule has 0 aliphatic carbocycles. The topological polar surface area (TPSA) is 12.0 Å². The summed E-state index contributed by atoms with van der Waals surface area (Å²) in [7, 11) is 0. The first-order valence-corrected chi connectivity index (χ1v) is 7.58. The fourth-order valence-electron chi connectivity index (χ4n) is 2.05. The van der Waals surface area contributed by atoms with E-state index in [1.807, 2.05) is 12.1 Å². The number of unbranched alkanes of at least 4 members (excludes halogenated alkanes) is 4. The summed E-state index contributed by atoms with van der Waals surface area (Å²) >= 11 is 5.86. The van der Waals surface area contributed by atoms with Crippen molar-refractivity contribution in [1.82, 2.24) is 5.32 Å². The molecule has 18 heavy (non-hydrogen) atoms. The second-order valence-corrected chi connectivity index (χ2v) is 5.55. The number of halogens is 1. The van der Waals surface area contributed by atoms with Crippen LogP contribution in [0.25, 0.3) is 0 Å². The van der Waals surface area contributed by atoms with Crippen LogP contribution in [0.1, 0.15) is 57.9 Å². The smallest absolute Gasteiger partial charge is 0.0406 e. The van der Waals surface area contributed by atoms with Crippen molar-refractivity contribution in [1.29, 1.82) is 0 Å². The van der Waals surface area contributed by atoms with E-state index in [0.29, 0.717) is 6.04 Å². The van der Waals surface area contributed by atoms with Crippen LogP contribution in [0.2, 0.25) is 5.02 Å². The fourth-order valence-corrected chi connectivity index (χ4v) is 2.18. The van der Waals surface area contributed by atoms with E-state index in [1.54, 1.807) is 0 Å². The molecule has 102 valence electrons. The summed E-state index contributed by atoms with van der Waals surface area (Å²) in [6, 6.07) is 8.68. The Morgan fingerprint density at radius 2 is 1.72 bits per heavy atom. The molecule has 0 radical (unpaired) electrons. The maximum Gasteiger partial charge on any atom is 0.0406 e. The predicted molar refractivity (Wildman–Crippen MR) is 81.1 cm³/mol. The van der Waals surface area contributed by atoms with Crippen molar-refractivity contribution >= 4 is 11.6 Å². The van der Waals surface area contributed by atoms with Crippen LogP contribution >= 0.6 is 11.6 Å². The molecule has 1 aromatic rings. The standard InChI is InChI=1S/C16H26ClN/c1-3-4-5-6-7-8-14(2)18-13-15-9-11-16(17)12-10-15/h9-12,14,18H,3-8,13H2,1-2H3. The van der Waals surface area contributed by atoms with Crippen molar-refractivity contribution in [2.24, 2.45) is 0 Å². The van der Waals surface area contributed by atoms with Crippen molar-refractivity contribution in [3.63, 3.8) is 0 Å². The van der Waals surface area contributed by atoms with Crippen LogP contribution in [0.4, 0.5) is 0 Å². The van der Waals surface area contributed by atoms with E-state index in [-0.39, 0.29) is 0 Å². The van der Waals surface area contributed by atoms with Gasteiger partial charge in [-0.25, -0.2) is 0 Å². The lowest BCUT2D eigenvalue weighted by molar-refractivity contribution is 0.480. The normalized spacial score (nSPS) is 12.6. The lowest BCUT2D eigenvalue weighted by Crippen LogP contribution is -2.25. The summed E-state index contributed by atoms with van der Waals surface area (Å²) in [6.07, 6.45) is 8.09. The molecule has 0 saturated heterocycles. The average Bonchev–Trinajstić information content (AvgIpc) is 2.38. The number of nitrogens with one attached hydrogen (secondary N) is 1. The maximum absolute atomic E-state index is 5.86. The summed E-state index contributed by atoms with van der Waals surface area (Å²) in [4.78, 5) is 0. The van der Waals surface area contributed by atoms with E-state index in [0.717, 1.165) is 11.6 Å². The van der Waals surface area contributed by atoms with Crippen LogP contribution in [-0.2, 0) is 6.54 Å². The first kappa shape index (κ1) is 15.5. The Kier molecular flexibility index (Phi) is 8.11. The first-order valence-electron chi connectivity index (χ1n) is 7.20. The molecule has 0 amide bonds. The molecule has 2 heteroatoms. The van der Waals surface area contributed by atoms with Crippen molar-refractivity contribution in [2.45, 2.75) is 65.0 Å². The quantitative estimate of drug-likeness (QED) is 0.608. The Morgan fingerprint density at radius 1 is 1.06 bits per heavy atom. The molecule has 1 N–H and O–H groups in total. The maximum atomic E-state index is 5.86. The molecule has 0 aromatic heterocycles. The van der Waals surface area contributed by atoms with Crippen LogP contribution < -0.4 is 5.32 Å². The molecule has 0 bridgehead atoms. The van der Waals surface area contributed by atoms with Crippen LogP contribution in [-0.4, -0.2) is 6.04 Å². The highest BCUT2D eigenvalue weighted by Crippen LogP contribution is 2.10. The Hall–Kier alpha value is -0.530. The second kappa shape index (κ2) is 9.41. The molecular formula is C16H26ClN. The summed E-state index contributed by atoms with van der Waals surface area (Å²) in [5.74, 6) is 0. The lowest BCUT2D eigenvalue weighted by atomic mass is 10.1. The molecule has 1 unspecified atom stereocenters. The Balaban J connectivity index is 2.09. The molecular weight excluding hydrogens is 242 g/mol. The van der Waals surface area contributed by atoms with Crippen LogP contribution in [0.5, 0.6) is 0 Å². The highest BCUT2D eigenvalue weighted by atomic mass is 35.5. The fraction of sp³-hybridized carbons (Fsp3) is 0.625. The van der Waals surface area contributed by atoms with Gasteiger partial charge < -0.3 is 5.32 Å². The van der Waals surface area contributed by atoms with Gasteiger partial charge >= 0.3 is 0 Å². The predicted octanol–water partition coefficient (Wildman–Crippen LogP) is 5.18. The summed E-state index contributed by atoms with van der Waals surface area (Å²) < 4.78 is 0. The van der Waals surface area contributed by atoms with Crippen molar-refractivity contribution in [3.8, 4) is 0 Å². The van der Waals surface area contributed by atoms with Gasteiger partial charge in [-0.1, -0.05) is 62.8 Å². The Morgan fingerprint density at radius 3 is 2.39 bits per heavy atom. The van der Waals surface area contributed by atoms with Crippen molar-refractivity contribution in [2.75, 3.05) is 0 Å². The van der Waals surface area contributed by atoms with Crippen LogP contribution in [0.15, 0.2) is 24.3 Å². The molecule has 0 heterocycles. The van der Waals surface area contributed by atoms with Crippen molar-refractivity contribution in [3.05, 3.63) is 34.9 Å². The summed E-state index contributed by atoms with van der Waals surface area (Å²) in [5.41, 5.74) is 1.30. The lowest BCUT2D eigenvalue weighted by Gasteiger charge is -2.13. The minimum absolute atomic E-state index is 0.599. The SMILES string of the molecule is CCCCCCCC(C)NCc1ccc(Cl)cc1. The van der Waals surface area contributed by atoms with Gasteiger partial charge in [0.2, 0.25) is 0 Å². The molecule has 1 aromatic carbocycles. The minimum Gasteiger partial charge on any atom is -0.310 e. The van der Waals surface area contributed by atoms with Gasteiger partial charge in [-0.15, -0.1) is 0 Å². The molecule has 1 atom stereocenters. The van der Waals surface area contributed by atoms with Gasteiger partial charge in [-0.05, 0) is 31.0 Å². The highest BCUT2D eigenvalue weighted by Gasteiger charge is 2.01. The second-order valence-electron chi connectivity index (χ2n) is 5.11. The van der Waals surface area contributed by atoms with Gasteiger partial charge in [0.05, 0.1) is 0 Å². The zero-order valence-corrected chi connectivity index (χ0v) is 12.5. The summed E-state index contributed by atoms with van der Waals surface area (Å²) in [5, 5.41) is 4.37. The number of hydrogen-bond acceptors (Lipinski definition) is 1. The zero-order chi connectivity index (χ0) is 13.2. The molecule has 1 nitrogen and oxygen atoms in total. The molecule has 0 saturated carbocycles. The summed E-state index contributed by atoms with van der Waals surface area (Å²) in [6.45, 7) is 5.47. The van der Waals surface area contributed by atoms with Gasteiger partial charge in [0.1, 0.15) is 0 Å². The largest absolute Gasteiger partial charge is 0.310 e. The first-order chi connectivity index (χ1) is 8.72. The molecule has 0 aliphatic rings. The number of benzene rings is 1. The number of rotatable bonds is 9. The molecule has 0 spiro atoms. The van der Waals surface area contributed by atoms with Gasteiger partial charge in [-0.3, -0.25) is 0 Å². The van der Waals surface area contributed by atoms with E-state index in [9.17, 15) is 0 Å². The minimum atomic E-state index is 0.599. The van der Waals surface area contributed by atoms with Gasteiger partial charge in [0, 0.05) is 17.6 Å². The average molecular weight is 268 g/mol. The van der Waals surface area contributed by atoms with E-state index in [2.05, 4.69) is 31.3 Å². The Bertz CT molecular complexity index is 307. The molecule has 1 rings (SSSR count). The zero-order valence-electron chi connectivity index (χ0n) is 11.7. The number of hydrogen-bond donors (Lipinski definition) is 1. The van der Waals surface area contributed by atoms with E-state index in [4.69, 9.17) is 11.6 Å². The van der Waals surface area contributed by atoms with E-state index in [1.165, 1.54) is 44.1 Å². The third-order valence-electron chi connectivity index (χ3n) is 3.31. The Labute approximate surface area is 117 Å². The van der Waals surface area contributed by atoms with Gasteiger partial charge in [-0.2, -0.15) is 0 Å². The molecule has 0 aliphatic heterocycles. The monoisotopic (exact) mass is 267 g/mol. The van der Waals surface area contributed by atoms with E-state index < -0.39 is 0 Å².